The molecule has 15 heteroatoms. The summed E-state index contributed by atoms with van der Waals surface area (Å²) in [5, 5.41) is 2.53. The molecule has 0 radical (unpaired) electrons. The number of hydrogen-bond acceptors (Lipinski definition) is 7. The fourth-order valence-corrected chi connectivity index (χ4v) is 4.89. The van der Waals surface area contributed by atoms with E-state index in [1.807, 2.05) is 0 Å². The number of nitrogens with one attached hydrogen (secondary N) is 1. The third-order valence-electron chi connectivity index (χ3n) is 5.81. The number of aliphatic imine (C=N–C) groups is 1. The zero-order valence-electron chi connectivity index (χ0n) is 22.2. The SMILES string of the molecule is CC(C)(SC(N)=NC(C)(C)c1cc(NC(=O)c2cnc(OCC(F)(F)F)cn2)ccc1F)C(=O)N1CC[C@H](F)C1. The van der Waals surface area contributed by atoms with Crippen LogP contribution in [0, 0.1) is 5.82 Å². The second-order valence-corrected chi connectivity index (χ2v) is 11.7. The molecule has 0 unspecified atom stereocenters. The van der Waals surface area contributed by atoms with E-state index < -0.39 is 46.8 Å². The van der Waals surface area contributed by atoms with Crippen LogP contribution in [-0.4, -0.2) is 68.6 Å². The highest BCUT2D eigenvalue weighted by Gasteiger charge is 2.38. The van der Waals surface area contributed by atoms with Crippen LogP contribution in [0.3, 0.4) is 0 Å². The first-order valence-corrected chi connectivity index (χ1v) is 12.9. The van der Waals surface area contributed by atoms with E-state index in [9.17, 15) is 31.5 Å². The molecular formula is C25H29F5N6O3S. The Hall–Kier alpha value is -3.49. The number of hydrogen-bond donors (Lipinski definition) is 2. The number of likely N-dealkylation sites (tertiary alicyclic amines) is 1. The predicted molar refractivity (Wildman–Crippen MR) is 140 cm³/mol. The molecule has 0 saturated carbocycles. The van der Waals surface area contributed by atoms with E-state index in [4.69, 9.17) is 5.73 Å². The van der Waals surface area contributed by atoms with Gasteiger partial charge in [0, 0.05) is 17.8 Å². The average molecular weight is 589 g/mol. The number of nitrogens with two attached hydrogens (primary N) is 1. The van der Waals surface area contributed by atoms with Crippen molar-refractivity contribution in [1.82, 2.24) is 14.9 Å². The number of carbonyl (C=O) groups excluding carboxylic acids is 2. The van der Waals surface area contributed by atoms with E-state index in [0.29, 0.717) is 6.54 Å². The molecule has 1 fully saturated rings. The average Bonchev–Trinajstić information content (AvgIpc) is 3.28. The second-order valence-electron chi connectivity index (χ2n) is 10.1. The summed E-state index contributed by atoms with van der Waals surface area (Å²) in [5.74, 6) is -2.07. The van der Waals surface area contributed by atoms with Gasteiger partial charge in [0.05, 0.1) is 29.2 Å². The number of benzene rings is 1. The number of amides is 2. The largest absolute Gasteiger partial charge is 0.467 e. The number of rotatable bonds is 8. The molecule has 1 aromatic heterocycles. The van der Waals surface area contributed by atoms with Crippen LogP contribution in [0.4, 0.5) is 27.6 Å². The molecule has 0 aliphatic carbocycles. The van der Waals surface area contributed by atoms with Crippen molar-refractivity contribution >= 4 is 34.4 Å². The summed E-state index contributed by atoms with van der Waals surface area (Å²) < 4.78 is 68.6. The van der Waals surface area contributed by atoms with Gasteiger partial charge in [-0.25, -0.2) is 18.7 Å². The van der Waals surface area contributed by atoms with Crippen molar-refractivity contribution in [2.24, 2.45) is 10.7 Å². The molecule has 1 aliphatic rings. The van der Waals surface area contributed by atoms with Crippen molar-refractivity contribution in [1.29, 1.82) is 0 Å². The van der Waals surface area contributed by atoms with Gasteiger partial charge in [0.2, 0.25) is 11.8 Å². The lowest BCUT2D eigenvalue weighted by atomic mass is 9.94. The van der Waals surface area contributed by atoms with E-state index in [1.54, 1.807) is 27.7 Å². The third-order valence-corrected chi connectivity index (χ3v) is 6.80. The Kier molecular flexibility index (Phi) is 9.27. The second kappa shape index (κ2) is 11.9. The van der Waals surface area contributed by atoms with Gasteiger partial charge in [0.15, 0.2) is 11.8 Å². The minimum Gasteiger partial charge on any atom is -0.467 e. The van der Waals surface area contributed by atoms with Gasteiger partial charge in [-0.05, 0) is 52.3 Å². The molecule has 1 aromatic carbocycles. The number of aromatic nitrogens is 2. The molecule has 2 amide bonds. The fraction of sp³-hybridized carbons (Fsp3) is 0.480. The summed E-state index contributed by atoms with van der Waals surface area (Å²) in [5.41, 5.74) is 4.96. The van der Waals surface area contributed by atoms with Gasteiger partial charge in [0.25, 0.3) is 5.91 Å². The van der Waals surface area contributed by atoms with E-state index >= 15 is 0 Å². The van der Waals surface area contributed by atoms with Crippen LogP contribution in [0.15, 0.2) is 35.6 Å². The highest BCUT2D eigenvalue weighted by molar-refractivity contribution is 8.15. The van der Waals surface area contributed by atoms with Crippen molar-refractivity contribution < 1.29 is 36.3 Å². The molecule has 0 spiro atoms. The maximum absolute atomic E-state index is 14.8. The van der Waals surface area contributed by atoms with Gasteiger partial charge in [-0.2, -0.15) is 13.2 Å². The highest BCUT2D eigenvalue weighted by Crippen LogP contribution is 2.34. The van der Waals surface area contributed by atoms with Crippen molar-refractivity contribution in [3.8, 4) is 5.88 Å². The zero-order valence-corrected chi connectivity index (χ0v) is 23.0. The Labute approximate surface area is 231 Å². The Morgan fingerprint density at radius 2 is 1.90 bits per heavy atom. The van der Waals surface area contributed by atoms with Crippen LogP contribution in [0.1, 0.15) is 50.2 Å². The van der Waals surface area contributed by atoms with Crippen LogP contribution < -0.4 is 15.8 Å². The van der Waals surface area contributed by atoms with E-state index in [-0.39, 0.29) is 41.0 Å². The first kappa shape index (κ1) is 31.0. The number of carbonyl (C=O) groups is 2. The van der Waals surface area contributed by atoms with Crippen molar-refractivity contribution in [3.63, 3.8) is 0 Å². The van der Waals surface area contributed by atoms with E-state index in [1.165, 1.54) is 17.0 Å². The molecule has 3 rings (SSSR count). The Balaban J connectivity index is 1.71. The van der Waals surface area contributed by atoms with Gasteiger partial charge in [-0.3, -0.25) is 14.6 Å². The smallest absolute Gasteiger partial charge is 0.422 e. The summed E-state index contributed by atoms with van der Waals surface area (Å²) >= 11 is 0.978. The van der Waals surface area contributed by atoms with E-state index in [0.717, 1.165) is 30.2 Å². The molecule has 1 atom stereocenters. The van der Waals surface area contributed by atoms with Crippen molar-refractivity contribution in [3.05, 3.63) is 47.7 Å². The number of alkyl halides is 4. The van der Waals surface area contributed by atoms with Gasteiger partial charge in [-0.15, -0.1) is 0 Å². The fourth-order valence-electron chi connectivity index (χ4n) is 3.88. The number of halogens is 5. The number of thioether (sulfide) groups is 1. The highest BCUT2D eigenvalue weighted by atomic mass is 32.2. The summed E-state index contributed by atoms with van der Waals surface area (Å²) in [7, 11) is 0. The lowest BCUT2D eigenvalue weighted by Crippen LogP contribution is -2.43. The lowest BCUT2D eigenvalue weighted by Gasteiger charge is -2.29. The molecule has 1 saturated heterocycles. The Morgan fingerprint density at radius 3 is 2.48 bits per heavy atom. The van der Waals surface area contributed by atoms with Crippen LogP contribution in [0.5, 0.6) is 5.88 Å². The van der Waals surface area contributed by atoms with Crippen molar-refractivity contribution in [2.75, 3.05) is 25.0 Å². The van der Waals surface area contributed by atoms with Gasteiger partial charge < -0.3 is 20.7 Å². The molecule has 218 valence electrons. The minimum absolute atomic E-state index is 0.0105. The number of anilines is 1. The minimum atomic E-state index is -4.55. The third kappa shape index (κ3) is 8.26. The first-order chi connectivity index (χ1) is 18.5. The van der Waals surface area contributed by atoms with Gasteiger partial charge in [-0.1, -0.05) is 11.8 Å². The molecule has 9 nitrogen and oxygen atoms in total. The van der Waals surface area contributed by atoms with Crippen LogP contribution in [0.2, 0.25) is 0 Å². The Bertz CT molecular complexity index is 1270. The molecule has 3 N–H and O–H groups in total. The van der Waals surface area contributed by atoms with Gasteiger partial charge in [0.1, 0.15) is 17.7 Å². The number of amidine groups is 1. The summed E-state index contributed by atoms with van der Waals surface area (Å²) in [4.78, 5) is 38.7. The maximum Gasteiger partial charge on any atom is 0.422 e. The predicted octanol–water partition coefficient (Wildman–Crippen LogP) is 4.44. The molecule has 40 heavy (non-hydrogen) atoms. The number of ether oxygens (including phenoxy) is 1. The lowest BCUT2D eigenvalue weighted by molar-refractivity contribution is -0.154. The van der Waals surface area contributed by atoms with Crippen LogP contribution in [-0.2, 0) is 10.3 Å². The quantitative estimate of drug-likeness (QED) is 0.266. The monoisotopic (exact) mass is 588 g/mol. The summed E-state index contributed by atoms with van der Waals surface area (Å²) in [6, 6.07) is 3.78. The standard InChI is InChI=1S/C25H29F5N6O3S/c1-23(2,35-22(31)40-24(3,4)21(38)36-8-7-14(26)12-36)16-9-15(5-6-17(16)27)34-20(37)18-10-33-19(11-32-18)39-13-25(28,29)30/h5-6,9-11,14H,7-8,12-13H2,1-4H3,(H2,31,35)(H,34,37)/t14-/m0/s1. The summed E-state index contributed by atoms with van der Waals surface area (Å²) in [6.45, 7) is 5.27. The molecule has 2 aromatic rings. The van der Waals surface area contributed by atoms with E-state index in [2.05, 4.69) is 25.0 Å². The van der Waals surface area contributed by atoms with Crippen LogP contribution >= 0.6 is 11.8 Å². The molecule has 0 bridgehead atoms. The first-order valence-electron chi connectivity index (χ1n) is 12.1. The summed E-state index contributed by atoms with van der Waals surface area (Å²) in [6.07, 6.45) is -3.52. The topological polar surface area (TPSA) is 123 Å². The van der Waals surface area contributed by atoms with Crippen LogP contribution in [0.25, 0.3) is 0 Å². The zero-order chi connectivity index (χ0) is 29.9. The van der Waals surface area contributed by atoms with Gasteiger partial charge >= 0.3 is 6.18 Å². The Morgan fingerprint density at radius 1 is 1.20 bits per heavy atom. The number of nitrogens with zero attached hydrogens (tertiary/aromatic N) is 4. The normalized spacial score (nSPS) is 16.7. The molecule has 1 aliphatic heterocycles. The molecule has 2 heterocycles. The van der Waals surface area contributed by atoms with Crippen molar-refractivity contribution in [2.45, 2.75) is 56.7 Å². The molecular weight excluding hydrogens is 559 g/mol. The maximum atomic E-state index is 14.8.